The van der Waals surface area contributed by atoms with Gasteiger partial charge in [0.25, 0.3) is 0 Å². The third kappa shape index (κ3) is 3.50. The Bertz CT molecular complexity index is 439. The van der Waals surface area contributed by atoms with E-state index < -0.39 is 0 Å². The minimum Gasteiger partial charge on any atom is -0.507 e. The van der Waals surface area contributed by atoms with E-state index in [4.69, 9.17) is 0 Å². The second-order valence-electron chi connectivity index (χ2n) is 6.97. The summed E-state index contributed by atoms with van der Waals surface area (Å²) in [5, 5.41) is 14.0. The maximum Gasteiger partial charge on any atom is 0.122 e. The molecule has 106 valence electrons. The van der Waals surface area contributed by atoms with Crippen LogP contribution in [-0.2, 0) is 11.8 Å². The van der Waals surface area contributed by atoms with Crippen LogP contribution in [0.25, 0.3) is 0 Å². The van der Waals surface area contributed by atoms with Crippen molar-refractivity contribution in [1.82, 2.24) is 5.32 Å². The zero-order valence-electron chi connectivity index (χ0n) is 12.7. The Morgan fingerprint density at radius 2 is 1.84 bits per heavy atom. The smallest absolute Gasteiger partial charge is 0.122 e. The average molecular weight is 261 g/mol. The van der Waals surface area contributed by atoms with Crippen LogP contribution in [0.15, 0.2) is 12.1 Å². The largest absolute Gasteiger partial charge is 0.507 e. The molecule has 0 unspecified atom stereocenters. The van der Waals surface area contributed by atoms with Crippen molar-refractivity contribution < 1.29 is 5.11 Å². The Hall–Kier alpha value is -1.02. The summed E-state index contributed by atoms with van der Waals surface area (Å²) in [7, 11) is 0. The lowest BCUT2D eigenvalue weighted by molar-refractivity contribution is 0.364. The number of phenols is 1. The van der Waals surface area contributed by atoms with E-state index in [1.54, 1.807) is 0 Å². The molecule has 1 aliphatic rings. The van der Waals surface area contributed by atoms with Crippen molar-refractivity contribution in [3.63, 3.8) is 0 Å². The number of nitrogens with one attached hydrogen (secondary N) is 1. The van der Waals surface area contributed by atoms with Gasteiger partial charge in [0, 0.05) is 0 Å². The van der Waals surface area contributed by atoms with Crippen LogP contribution in [0.1, 0.15) is 50.3 Å². The summed E-state index contributed by atoms with van der Waals surface area (Å²) in [4.78, 5) is 0. The van der Waals surface area contributed by atoms with Crippen molar-refractivity contribution >= 4 is 0 Å². The van der Waals surface area contributed by atoms with Crippen molar-refractivity contribution in [1.29, 1.82) is 0 Å². The molecule has 2 rings (SSSR count). The molecule has 0 spiro atoms. The number of hydrogen-bond donors (Lipinski definition) is 2. The van der Waals surface area contributed by atoms with Crippen LogP contribution in [0.3, 0.4) is 0 Å². The topological polar surface area (TPSA) is 32.3 Å². The predicted octanol–water partition coefficient (Wildman–Crippen LogP) is 3.54. The molecule has 1 fully saturated rings. The van der Waals surface area contributed by atoms with Crippen molar-refractivity contribution in [2.24, 2.45) is 5.92 Å². The summed E-state index contributed by atoms with van der Waals surface area (Å²) in [6.07, 6.45) is 3.45. The van der Waals surface area contributed by atoms with Gasteiger partial charge in [0.15, 0.2) is 0 Å². The highest BCUT2D eigenvalue weighted by Gasteiger charge is 2.22. The maximum atomic E-state index is 10.6. The molecule has 0 aromatic heterocycles. The first-order valence-electron chi connectivity index (χ1n) is 7.41. The van der Waals surface area contributed by atoms with E-state index in [1.807, 2.05) is 0 Å². The Morgan fingerprint density at radius 3 is 2.42 bits per heavy atom. The second-order valence-corrected chi connectivity index (χ2v) is 6.97. The zero-order chi connectivity index (χ0) is 14.0. The molecule has 1 aromatic rings. The number of piperidine rings is 1. The van der Waals surface area contributed by atoms with Gasteiger partial charge in [-0.1, -0.05) is 38.5 Å². The third-order valence-electron chi connectivity index (χ3n) is 4.11. The predicted molar refractivity (Wildman–Crippen MR) is 80.8 cm³/mol. The Kier molecular flexibility index (Phi) is 4.19. The van der Waals surface area contributed by atoms with Gasteiger partial charge in [0.05, 0.1) is 0 Å². The zero-order valence-corrected chi connectivity index (χ0v) is 12.7. The van der Waals surface area contributed by atoms with Crippen LogP contribution in [0, 0.1) is 12.8 Å². The SMILES string of the molecule is Cc1cc(CC2CCNCC2)c(O)c(C(C)(C)C)c1. The summed E-state index contributed by atoms with van der Waals surface area (Å²) in [5.41, 5.74) is 3.47. The van der Waals surface area contributed by atoms with Gasteiger partial charge in [-0.05, 0) is 61.7 Å². The molecule has 0 saturated carbocycles. The fourth-order valence-corrected chi connectivity index (χ4v) is 2.98. The molecule has 19 heavy (non-hydrogen) atoms. The molecule has 0 radical (unpaired) electrons. The summed E-state index contributed by atoms with van der Waals surface area (Å²) >= 11 is 0. The molecule has 1 heterocycles. The van der Waals surface area contributed by atoms with Crippen molar-refractivity contribution in [2.75, 3.05) is 13.1 Å². The quantitative estimate of drug-likeness (QED) is 0.853. The molecule has 0 amide bonds. The molecular weight excluding hydrogens is 234 g/mol. The maximum absolute atomic E-state index is 10.6. The summed E-state index contributed by atoms with van der Waals surface area (Å²) < 4.78 is 0. The number of rotatable bonds is 2. The lowest BCUT2D eigenvalue weighted by Crippen LogP contribution is -2.28. The molecule has 1 aromatic carbocycles. The molecule has 2 heteroatoms. The Balaban J connectivity index is 2.27. The minimum atomic E-state index is -0.00102. The van der Waals surface area contributed by atoms with Gasteiger partial charge in [0.1, 0.15) is 5.75 Å². The van der Waals surface area contributed by atoms with E-state index in [-0.39, 0.29) is 5.41 Å². The summed E-state index contributed by atoms with van der Waals surface area (Å²) in [6.45, 7) is 10.8. The van der Waals surface area contributed by atoms with E-state index in [0.717, 1.165) is 30.6 Å². The van der Waals surface area contributed by atoms with Gasteiger partial charge in [-0.3, -0.25) is 0 Å². The van der Waals surface area contributed by atoms with Gasteiger partial charge in [-0.15, -0.1) is 0 Å². The monoisotopic (exact) mass is 261 g/mol. The number of aryl methyl sites for hydroxylation is 1. The fourth-order valence-electron chi connectivity index (χ4n) is 2.98. The molecule has 0 aliphatic carbocycles. The Labute approximate surface area is 117 Å². The summed E-state index contributed by atoms with van der Waals surface area (Å²) in [5.74, 6) is 1.23. The molecule has 2 nitrogen and oxygen atoms in total. The molecule has 0 bridgehead atoms. The van der Waals surface area contributed by atoms with Crippen LogP contribution < -0.4 is 5.32 Å². The van der Waals surface area contributed by atoms with Gasteiger partial charge < -0.3 is 10.4 Å². The highest BCUT2D eigenvalue weighted by Crippen LogP contribution is 2.36. The standard InChI is InChI=1S/C17H27NO/c1-12-9-14(11-13-5-7-18-8-6-13)16(19)15(10-12)17(2,3)4/h9-10,13,18-19H,5-8,11H2,1-4H3. The van der Waals surface area contributed by atoms with Crippen molar-refractivity contribution in [2.45, 2.75) is 52.4 Å². The van der Waals surface area contributed by atoms with E-state index in [9.17, 15) is 5.11 Å². The van der Waals surface area contributed by atoms with E-state index in [0.29, 0.717) is 11.7 Å². The fraction of sp³-hybridized carbons (Fsp3) is 0.647. The summed E-state index contributed by atoms with van der Waals surface area (Å²) in [6, 6.07) is 4.29. The number of hydrogen-bond acceptors (Lipinski definition) is 2. The van der Waals surface area contributed by atoms with E-state index in [2.05, 4.69) is 45.1 Å². The van der Waals surface area contributed by atoms with Crippen LogP contribution in [0.5, 0.6) is 5.75 Å². The van der Waals surface area contributed by atoms with Crippen LogP contribution in [0.2, 0.25) is 0 Å². The average Bonchev–Trinajstić information content (AvgIpc) is 2.33. The first kappa shape index (κ1) is 14.4. The van der Waals surface area contributed by atoms with E-state index in [1.165, 1.54) is 18.4 Å². The second kappa shape index (κ2) is 5.54. The molecular formula is C17H27NO. The van der Waals surface area contributed by atoms with Crippen LogP contribution in [0.4, 0.5) is 0 Å². The van der Waals surface area contributed by atoms with Crippen molar-refractivity contribution in [3.05, 3.63) is 28.8 Å². The molecule has 2 N–H and O–H groups in total. The highest BCUT2D eigenvalue weighted by molar-refractivity contribution is 5.47. The first-order chi connectivity index (χ1) is 8.88. The lowest BCUT2D eigenvalue weighted by Gasteiger charge is -2.26. The minimum absolute atomic E-state index is 0.00102. The van der Waals surface area contributed by atoms with Crippen molar-refractivity contribution in [3.8, 4) is 5.75 Å². The number of aromatic hydroxyl groups is 1. The molecule has 0 atom stereocenters. The number of phenolic OH excluding ortho intramolecular Hbond substituents is 1. The van der Waals surface area contributed by atoms with E-state index >= 15 is 0 Å². The first-order valence-corrected chi connectivity index (χ1v) is 7.41. The number of benzene rings is 1. The van der Waals surface area contributed by atoms with Crippen LogP contribution in [-0.4, -0.2) is 18.2 Å². The van der Waals surface area contributed by atoms with Gasteiger partial charge in [-0.2, -0.15) is 0 Å². The van der Waals surface area contributed by atoms with Crippen LogP contribution >= 0.6 is 0 Å². The third-order valence-corrected chi connectivity index (χ3v) is 4.11. The highest BCUT2D eigenvalue weighted by atomic mass is 16.3. The van der Waals surface area contributed by atoms with Gasteiger partial charge >= 0.3 is 0 Å². The Morgan fingerprint density at radius 1 is 1.21 bits per heavy atom. The normalized spacial score (nSPS) is 17.7. The van der Waals surface area contributed by atoms with Gasteiger partial charge in [0.2, 0.25) is 0 Å². The molecule has 1 saturated heterocycles. The van der Waals surface area contributed by atoms with Gasteiger partial charge in [-0.25, -0.2) is 0 Å². The molecule has 1 aliphatic heterocycles. The lowest BCUT2D eigenvalue weighted by atomic mass is 9.82.